The smallest absolute Gasteiger partial charge is 0.185 e. The number of aromatic nitrogens is 3. The average molecular weight is 277 g/mol. The molecule has 0 atom stereocenters. The Morgan fingerprint density at radius 3 is 2.89 bits per heavy atom. The van der Waals surface area contributed by atoms with Gasteiger partial charge in [-0.1, -0.05) is 19.6 Å². The van der Waals surface area contributed by atoms with E-state index in [2.05, 4.69) is 29.6 Å². The van der Waals surface area contributed by atoms with E-state index in [1.807, 2.05) is 6.07 Å². The van der Waals surface area contributed by atoms with Crippen LogP contribution in [0.25, 0.3) is 11.0 Å². The van der Waals surface area contributed by atoms with Crippen LogP contribution in [0.15, 0.2) is 18.5 Å². The average Bonchev–Trinajstić information content (AvgIpc) is 2.71. The van der Waals surface area contributed by atoms with Crippen molar-refractivity contribution in [1.82, 2.24) is 14.5 Å². The molecular formula is C13H19N3O2Si. The molecule has 0 fully saturated rings. The fourth-order valence-corrected chi connectivity index (χ4v) is 2.52. The number of imidazole rings is 1. The quantitative estimate of drug-likeness (QED) is 0.462. The van der Waals surface area contributed by atoms with Crippen LogP contribution in [0.4, 0.5) is 0 Å². The van der Waals surface area contributed by atoms with Crippen LogP contribution in [0.3, 0.4) is 0 Å². The van der Waals surface area contributed by atoms with Crippen molar-refractivity contribution in [3.05, 3.63) is 24.3 Å². The summed E-state index contributed by atoms with van der Waals surface area (Å²) in [6, 6.07) is 2.95. The first-order valence-electron chi connectivity index (χ1n) is 6.34. The Morgan fingerprint density at radius 2 is 2.21 bits per heavy atom. The highest BCUT2D eigenvalue weighted by Crippen LogP contribution is 2.14. The van der Waals surface area contributed by atoms with Crippen LogP contribution >= 0.6 is 0 Å². The Morgan fingerprint density at radius 1 is 1.42 bits per heavy atom. The molecule has 2 aromatic heterocycles. The summed E-state index contributed by atoms with van der Waals surface area (Å²) in [5.41, 5.74) is 1.60. The summed E-state index contributed by atoms with van der Waals surface area (Å²) in [5.74, 6) is 0.385. The fraction of sp³-hybridized carbons (Fsp3) is 0.462. The minimum absolute atomic E-state index is 0.360. The maximum absolute atomic E-state index is 11.0. The molecule has 0 aromatic carbocycles. The van der Waals surface area contributed by atoms with Crippen LogP contribution < -0.4 is 0 Å². The lowest BCUT2D eigenvalue weighted by atomic mass is 10.4. The van der Waals surface area contributed by atoms with Gasteiger partial charge in [0.15, 0.2) is 12.1 Å². The molecule has 2 rings (SSSR count). The zero-order valence-electron chi connectivity index (χ0n) is 11.6. The largest absolute Gasteiger partial charge is 0.361 e. The van der Waals surface area contributed by atoms with Gasteiger partial charge in [-0.25, -0.2) is 4.98 Å². The van der Waals surface area contributed by atoms with E-state index in [1.165, 1.54) is 0 Å². The molecule has 6 heteroatoms. The molecule has 0 saturated carbocycles. The number of nitrogens with zero attached hydrogens (tertiary/aromatic N) is 3. The van der Waals surface area contributed by atoms with E-state index in [0.29, 0.717) is 12.6 Å². The number of hydrogen-bond acceptors (Lipinski definition) is 4. The van der Waals surface area contributed by atoms with Crippen molar-refractivity contribution in [3.63, 3.8) is 0 Å². The molecule has 0 unspecified atom stereocenters. The van der Waals surface area contributed by atoms with Gasteiger partial charge in [-0.2, -0.15) is 0 Å². The lowest BCUT2D eigenvalue weighted by Gasteiger charge is -2.15. The molecule has 5 nitrogen and oxygen atoms in total. The summed E-state index contributed by atoms with van der Waals surface area (Å²) in [4.78, 5) is 19.3. The molecule has 102 valence electrons. The molecule has 0 N–H and O–H groups in total. The second kappa shape index (κ2) is 5.62. The zero-order valence-corrected chi connectivity index (χ0v) is 12.6. The maximum Gasteiger partial charge on any atom is 0.185 e. The van der Waals surface area contributed by atoms with Crippen molar-refractivity contribution in [1.29, 1.82) is 0 Å². The van der Waals surface area contributed by atoms with E-state index in [9.17, 15) is 4.79 Å². The number of hydrogen-bond donors (Lipinski definition) is 0. The molecule has 0 aliphatic rings. The highest BCUT2D eigenvalue weighted by Gasteiger charge is 2.13. The van der Waals surface area contributed by atoms with Crippen LogP contribution in [0.5, 0.6) is 0 Å². The molecule has 0 spiro atoms. The van der Waals surface area contributed by atoms with Gasteiger partial charge in [-0.05, 0) is 12.1 Å². The highest BCUT2D eigenvalue weighted by atomic mass is 28.3. The normalized spacial score (nSPS) is 11.9. The third kappa shape index (κ3) is 3.48. The molecule has 0 aliphatic heterocycles. The summed E-state index contributed by atoms with van der Waals surface area (Å²) in [6.07, 6.45) is 4.10. The number of aldehydes is 1. The van der Waals surface area contributed by atoms with E-state index < -0.39 is 8.07 Å². The molecule has 0 radical (unpaired) electrons. The highest BCUT2D eigenvalue weighted by molar-refractivity contribution is 6.76. The van der Waals surface area contributed by atoms with Crippen molar-refractivity contribution in [2.75, 3.05) is 6.61 Å². The first-order valence-corrected chi connectivity index (χ1v) is 10.1. The molecule has 19 heavy (non-hydrogen) atoms. The van der Waals surface area contributed by atoms with Crippen molar-refractivity contribution in [2.24, 2.45) is 0 Å². The van der Waals surface area contributed by atoms with E-state index in [1.54, 1.807) is 17.0 Å². The molecule has 0 amide bonds. The Balaban J connectivity index is 2.09. The minimum Gasteiger partial charge on any atom is -0.361 e. The lowest BCUT2D eigenvalue weighted by Crippen LogP contribution is -2.22. The number of fused-ring (bicyclic) bond motifs is 1. The fourth-order valence-electron chi connectivity index (χ4n) is 1.76. The summed E-state index contributed by atoms with van der Waals surface area (Å²) >= 11 is 0. The number of rotatable bonds is 6. The second-order valence-electron chi connectivity index (χ2n) is 5.73. The van der Waals surface area contributed by atoms with Crippen LogP contribution in [-0.2, 0) is 11.5 Å². The summed E-state index contributed by atoms with van der Waals surface area (Å²) in [6.45, 7) is 8.01. The summed E-state index contributed by atoms with van der Waals surface area (Å²) in [5, 5.41) is 0. The van der Waals surface area contributed by atoms with Gasteiger partial charge < -0.3 is 4.74 Å². The van der Waals surface area contributed by atoms with Gasteiger partial charge in [-0.15, -0.1) is 0 Å². The van der Waals surface area contributed by atoms with Crippen molar-refractivity contribution >= 4 is 25.4 Å². The SMILES string of the molecule is C[Si](C)(C)CCOCn1c(C=O)nc2cnccc21. The van der Waals surface area contributed by atoms with Crippen LogP contribution in [-0.4, -0.2) is 35.5 Å². The molecule has 2 aromatic rings. The first-order chi connectivity index (χ1) is 9.01. The number of carbonyl (C=O) groups is 1. The number of carbonyl (C=O) groups excluding carboxylic acids is 1. The predicted molar refractivity (Wildman–Crippen MR) is 77.0 cm³/mol. The van der Waals surface area contributed by atoms with Crippen molar-refractivity contribution in [2.45, 2.75) is 32.4 Å². The van der Waals surface area contributed by atoms with Gasteiger partial charge in [0.25, 0.3) is 0 Å². The zero-order chi connectivity index (χ0) is 13.9. The number of pyridine rings is 1. The molecule has 0 aliphatic carbocycles. The van der Waals surface area contributed by atoms with Gasteiger partial charge >= 0.3 is 0 Å². The van der Waals surface area contributed by atoms with E-state index >= 15 is 0 Å². The first kappa shape index (κ1) is 13.9. The van der Waals surface area contributed by atoms with Crippen molar-refractivity contribution in [3.8, 4) is 0 Å². The van der Waals surface area contributed by atoms with E-state index in [-0.39, 0.29) is 0 Å². The van der Waals surface area contributed by atoms with Gasteiger partial charge in [0, 0.05) is 20.9 Å². The third-order valence-electron chi connectivity index (χ3n) is 2.90. The standard InChI is InChI=1S/C13H19N3O2Si/c1-19(2,3)7-6-18-10-16-12-4-5-14-8-11(12)15-13(16)9-17/h4-5,8-9H,6-7,10H2,1-3H3. The Kier molecular flexibility index (Phi) is 4.11. The van der Waals surface area contributed by atoms with Gasteiger partial charge in [-0.3, -0.25) is 14.3 Å². The van der Waals surface area contributed by atoms with E-state index in [0.717, 1.165) is 30.0 Å². The number of ether oxygens (including phenoxy) is 1. The van der Waals surface area contributed by atoms with Gasteiger partial charge in [0.1, 0.15) is 12.2 Å². The van der Waals surface area contributed by atoms with Crippen LogP contribution in [0.2, 0.25) is 25.7 Å². The molecule has 0 saturated heterocycles. The van der Waals surface area contributed by atoms with E-state index in [4.69, 9.17) is 4.74 Å². The Labute approximate surface area is 113 Å². The van der Waals surface area contributed by atoms with Crippen molar-refractivity contribution < 1.29 is 9.53 Å². The Hall–Kier alpha value is -1.53. The molecule has 0 bridgehead atoms. The molecular weight excluding hydrogens is 258 g/mol. The molecule has 2 heterocycles. The summed E-state index contributed by atoms with van der Waals surface area (Å²) < 4.78 is 7.47. The minimum atomic E-state index is -1.08. The lowest BCUT2D eigenvalue weighted by molar-refractivity contribution is 0.0856. The topological polar surface area (TPSA) is 57.0 Å². The second-order valence-corrected chi connectivity index (χ2v) is 11.3. The Bertz CT molecular complexity index is 575. The monoisotopic (exact) mass is 277 g/mol. The third-order valence-corrected chi connectivity index (χ3v) is 4.61. The van der Waals surface area contributed by atoms with Gasteiger partial charge in [0.2, 0.25) is 0 Å². The maximum atomic E-state index is 11.0. The predicted octanol–water partition coefficient (Wildman–Crippen LogP) is 2.56. The van der Waals surface area contributed by atoms with Gasteiger partial charge in [0.05, 0.1) is 11.7 Å². The van der Waals surface area contributed by atoms with Crippen LogP contribution in [0, 0.1) is 0 Å². The van der Waals surface area contributed by atoms with Crippen LogP contribution in [0.1, 0.15) is 10.6 Å². The summed E-state index contributed by atoms with van der Waals surface area (Å²) in [7, 11) is -1.08.